The summed E-state index contributed by atoms with van der Waals surface area (Å²) < 4.78 is 5.17. The monoisotopic (exact) mass is 370 g/mol. The average molecular weight is 370 g/mol. The van der Waals surface area contributed by atoms with Gasteiger partial charge < -0.3 is 19.6 Å². The number of phenolic OH excluding ortho intramolecular Hbond substituents is 1. The van der Waals surface area contributed by atoms with Gasteiger partial charge in [0, 0.05) is 24.5 Å². The molecular weight excluding hydrogens is 340 g/mol. The lowest BCUT2D eigenvalue weighted by atomic mass is 9.77. The number of benzene rings is 1. The summed E-state index contributed by atoms with van der Waals surface area (Å²) in [4.78, 5) is 17.1. The Hall–Kier alpha value is -1.59. The molecule has 1 N–H and O–H groups in total. The lowest BCUT2D eigenvalue weighted by molar-refractivity contribution is -0.161. The molecule has 5 heteroatoms. The van der Waals surface area contributed by atoms with Crippen LogP contribution in [0.5, 0.6) is 5.75 Å². The van der Waals surface area contributed by atoms with E-state index in [0.29, 0.717) is 42.2 Å². The van der Waals surface area contributed by atoms with Crippen molar-refractivity contribution in [1.82, 2.24) is 9.80 Å². The van der Waals surface area contributed by atoms with Crippen LogP contribution in [0.1, 0.15) is 43.6 Å². The minimum atomic E-state index is 0.132. The van der Waals surface area contributed by atoms with Crippen molar-refractivity contribution in [3.8, 4) is 5.75 Å². The molecular formula is C22H30N2O3. The number of para-hydroxylation sites is 1. The Bertz CT molecular complexity index is 703. The largest absolute Gasteiger partial charge is 0.508 e. The van der Waals surface area contributed by atoms with Gasteiger partial charge in [0.15, 0.2) is 0 Å². The zero-order valence-corrected chi connectivity index (χ0v) is 16.0. The summed E-state index contributed by atoms with van der Waals surface area (Å²) in [5.74, 6) is 1.39. The molecule has 1 aliphatic carbocycles. The number of amides is 1. The first-order chi connectivity index (χ1) is 13.1. The summed E-state index contributed by atoms with van der Waals surface area (Å²) in [6.45, 7) is 5.43. The van der Waals surface area contributed by atoms with Crippen molar-refractivity contribution in [2.45, 2.75) is 44.1 Å². The Morgan fingerprint density at radius 2 is 1.85 bits per heavy atom. The molecule has 0 radical (unpaired) electrons. The minimum absolute atomic E-state index is 0.132. The number of hydrogen-bond acceptors (Lipinski definition) is 4. The van der Waals surface area contributed by atoms with Gasteiger partial charge in [-0.05, 0) is 62.7 Å². The molecule has 4 fully saturated rings. The van der Waals surface area contributed by atoms with Crippen molar-refractivity contribution < 1.29 is 14.6 Å². The third-order valence-electron chi connectivity index (χ3n) is 7.45. The zero-order chi connectivity index (χ0) is 18.4. The third kappa shape index (κ3) is 3.15. The molecule has 3 saturated heterocycles. The van der Waals surface area contributed by atoms with E-state index < -0.39 is 0 Å². The van der Waals surface area contributed by atoms with Crippen LogP contribution < -0.4 is 0 Å². The Balaban J connectivity index is 1.12. The van der Waals surface area contributed by atoms with Crippen LogP contribution in [0.25, 0.3) is 0 Å². The Morgan fingerprint density at radius 3 is 2.52 bits per heavy atom. The fraction of sp³-hybridized carbons (Fsp3) is 0.682. The second kappa shape index (κ2) is 6.78. The quantitative estimate of drug-likeness (QED) is 0.889. The number of carbonyl (C=O) groups excluding carboxylic acids is 1. The standard InChI is InChI=1S/C22H30N2O3/c25-20-4-2-1-3-19(20)16-6-9-23(10-7-16)18-5-8-22(11-18)14-24(15-22)21(26)17-12-27-13-17/h1-4,16-18,25H,5-15H2/t18-/m1/s1. The van der Waals surface area contributed by atoms with E-state index in [0.717, 1.165) is 44.6 Å². The maximum Gasteiger partial charge on any atom is 0.230 e. The van der Waals surface area contributed by atoms with Crippen LogP contribution in [0, 0.1) is 11.3 Å². The van der Waals surface area contributed by atoms with Gasteiger partial charge in [-0.25, -0.2) is 0 Å². The van der Waals surface area contributed by atoms with E-state index in [1.54, 1.807) is 0 Å². The molecule has 3 heterocycles. The van der Waals surface area contributed by atoms with Crippen LogP contribution in [-0.2, 0) is 9.53 Å². The fourth-order valence-electron chi connectivity index (χ4n) is 5.74. The smallest absolute Gasteiger partial charge is 0.230 e. The van der Waals surface area contributed by atoms with E-state index in [1.807, 2.05) is 18.2 Å². The van der Waals surface area contributed by atoms with Crippen molar-refractivity contribution in [2.24, 2.45) is 11.3 Å². The maximum atomic E-state index is 12.3. The number of ether oxygens (including phenoxy) is 1. The molecule has 3 aliphatic heterocycles. The Kier molecular flexibility index (Phi) is 4.40. The topological polar surface area (TPSA) is 53.0 Å². The molecule has 0 bridgehead atoms. The van der Waals surface area contributed by atoms with Crippen LogP contribution in [0.15, 0.2) is 24.3 Å². The maximum absolute atomic E-state index is 12.3. The van der Waals surface area contributed by atoms with Crippen molar-refractivity contribution in [2.75, 3.05) is 39.4 Å². The van der Waals surface area contributed by atoms with E-state index in [-0.39, 0.29) is 5.92 Å². The summed E-state index contributed by atoms with van der Waals surface area (Å²) in [5, 5.41) is 10.1. The normalized spacial score (nSPS) is 28.9. The van der Waals surface area contributed by atoms with Crippen molar-refractivity contribution in [1.29, 1.82) is 0 Å². The van der Waals surface area contributed by atoms with Gasteiger partial charge in [-0.2, -0.15) is 0 Å². The minimum Gasteiger partial charge on any atom is -0.508 e. The predicted molar refractivity (Wildman–Crippen MR) is 103 cm³/mol. The molecule has 5 nitrogen and oxygen atoms in total. The fourth-order valence-corrected chi connectivity index (χ4v) is 5.74. The molecule has 1 atom stereocenters. The van der Waals surface area contributed by atoms with Crippen LogP contribution >= 0.6 is 0 Å². The first-order valence-electron chi connectivity index (χ1n) is 10.5. The number of piperidine rings is 1. The molecule has 1 aromatic carbocycles. The third-order valence-corrected chi connectivity index (χ3v) is 7.45. The highest BCUT2D eigenvalue weighted by Crippen LogP contribution is 2.48. The molecule has 0 unspecified atom stereocenters. The van der Waals surface area contributed by atoms with Gasteiger partial charge >= 0.3 is 0 Å². The molecule has 27 heavy (non-hydrogen) atoms. The van der Waals surface area contributed by atoms with E-state index in [1.165, 1.54) is 19.3 Å². The zero-order valence-electron chi connectivity index (χ0n) is 16.0. The summed E-state index contributed by atoms with van der Waals surface area (Å²) in [7, 11) is 0. The molecule has 1 aromatic rings. The molecule has 146 valence electrons. The molecule has 1 spiro atoms. The lowest BCUT2D eigenvalue weighted by Gasteiger charge is -2.50. The number of carbonyl (C=O) groups is 1. The molecule has 1 saturated carbocycles. The Labute approximate surface area is 161 Å². The van der Waals surface area contributed by atoms with E-state index >= 15 is 0 Å². The van der Waals surface area contributed by atoms with Gasteiger partial charge in [0.05, 0.1) is 19.1 Å². The van der Waals surface area contributed by atoms with Crippen molar-refractivity contribution in [3.05, 3.63) is 29.8 Å². The van der Waals surface area contributed by atoms with Crippen LogP contribution in [-0.4, -0.2) is 66.2 Å². The average Bonchev–Trinajstić information content (AvgIpc) is 3.05. The van der Waals surface area contributed by atoms with Crippen LogP contribution in [0.3, 0.4) is 0 Å². The highest BCUT2D eigenvalue weighted by molar-refractivity contribution is 5.80. The number of hydrogen-bond donors (Lipinski definition) is 1. The van der Waals surface area contributed by atoms with Crippen molar-refractivity contribution in [3.63, 3.8) is 0 Å². The Morgan fingerprint density at radius 1 is 1.11 bits per heavy atom. The van der Waals surface area contributed by atoms with Gasteiger partial charge in [0.25, 0.3) is 0 Å². The lowest BCUT2D eigenvalue weighted by Crippen LogP contribution is -2.61. The van der Waals surface area contributed by atoms with Gasteiger partial charge in [-0.1, -0.05) is 18.2 Å². The van der Waals surface area contributed by atoms with Crippen LogP contribution in [0.4, 0.5) is 0 Å². The summed E-state index contributed by atoms with van der Waals surface area (Å²) in [6, 6.07) is 8.49. The molecule has 5 rings (SSSR count). The first-order valence-corrected chi connectivity index (χ1v) is 10.5. The van der Waals surface area contributed by atoms with Gasteiger partial charge in [-0.15, -0.1) is 0 Å². The van der Waals surface area contributed by atoms with E-state index in [2.05, 4.69) is 15.9 Å². The number of aromatic hydroxyl groups is 1. The highest BCUT2D eigenvalue weighted by atomic mass is 16.5. The second-order valence-electron chi connectivity index (χ2n) is 9.19. The molecule has 0 aromatic heterocycles. The number of likely N-dealkylation sites (tertiary alicyclic amines) is 2. The second-order valence-corrected chi connectivity index (χ2v) is 9.19. The molecule has 4 aliphatic rings. The van der Waals surface area contributed by atoms with Gasteiger partial charge in [0.1, 0.15) is 5.75 Å². The van der Waals surface area contributed by atoms with E-state index in [4.69, 9.17) is 4.74 Å². The van der Waals surface area contributed by atoms with Crippen molar-refractivity contribution >= 4 is 5.91 Å². The highest BCUT2D eigenvalue weighted by Gasteiger charge is 2.52. The first kappa shape index (κ1) is 17.5. The number of rotatable bonds is 3. The summed E-state index contributed by atoms with van der Waals surface area (Å²) >= 11 is 0. The number of nitrogens with zero attached hydrogens (tertiary/aromatic N) is 2. The summed E-state index contributed by atoms with van der Waals surface area (Å²) in [6.07, 6.45) is 6.05. The van der Waals surface area contributed by atoms with Gasteiger partial charge in [0.2, 0.25) is 5.91 Å². The predicted octanol–water partition coefficient (Wildman–Crippen LogP) is 2.60. The van der Waals surface area contributed by atoms with Crippen LogP contribution in [0.2, 0.25) is 0 Å². The van der Waals surface area contributed by atoms with E-state index in [9.17, 15) is 9.90 Å². The number of phenols is 1. The summed E-state index contributed by atoms with van der Waals surface area (Å²) in [5.41, 5.74) is 1.51. The molecule has 1 amide bonds. The SMILES string of the molecule is O=C(C1COC1)N1CC2(CC[C@@H](N3CCC(c4ccccc4O)CC3)C2)C1. The van der Waals surface area contributed by atoms with Gasteiger partial charge in [-0.3, -0.25) is 4.79 Å².